The molecule has 0 radical (unpaired) electrons. The van der Waals surface area contributed by atoms with E-state index >= 15 is 0 Å². The summed E-state index contributed by atoms with van der Waals surface area (Å²) in [4.78, 5) is 13.8. The summed E-state index contributed by atoms with van der Waals surface area (Å²) in [6.07, 6.45) is -0.685. The molecule has 0 bridgehead atoms. The lowest BCUT2D eigenvalue weighted by molar-refractivity contribution is 0.0149. The molecule has 1 aliphatic rings. The molecule has 1 heterocycles. The predicted molar refractivity (Wildman–Crippen MR) is 80.2 cm³/mol. The number of carbonyl (C=O) groups excluding carboxylic acids is 1. The molecule has 0 spiro atoms. The Balaban J connectivity index is 2.19. The fourth-order valence-corrected chi connectivity index (χ4v) is 2.35. The van der Waals surface area contributed by atoms with Gasteiger partial charge in [0.05, 0.1) is 6.61 Å². The van der Waals surface area contributed by atoms with Crippen LogP contribution in [0.2, 0.25) is 0 Å². The number of halogens is 2. The molecule has 1 fully saturated rings. The highest BCUT2D eigenvalue weighted by atomic mass is 19.3. The van der Waals surface area contributed by atoms with Gasteiger partial charge in [0.15, 0.2) is 0 Å². The van der Waals surface area contributed by atoms with E-state index in [2.05, 4.69) is 5.32 Å². The maximum absolute atomic E-state index is 12.0. The summed E-state index contributed by atoms with van der Waals surface area (Å²) in [7, 11) is 0. The Hall–Kier alpha value is -0.950. The van der Waals surface area contributed by atoms with E-state index in [1.165, 1.54) is 0 Å². The van der Waals surface area contributed by atoms with Crippen molar-refractivity contribution in [2.45, 2.75) is 45.6 Å². The van der Waals surface area contributed by atoms with Crippen molar-refractivity contribution in [1.82, 2.24) is 10.2 Å². The van der Waals surface area contributed by atoms with Gasteiger partial charge in [0.1, 0.15) is 12.2 Å². The first-order valence-corrected chi connectivity index (χ1v) is 7.82. The molecule has 130 valence electrons. The predicted octanol–water partition coefficient (Wildman–Crippen LogP) is 2.50. The molecule has 0 aromatic carbocycles. The molecule has 1 saturated heterocycles. The zero-order valence-corrected chi connectivity index (χ0v) is 13.7. The number of piperidine rings is 1. The number of likely N-dealkylation sites (tertiary alicyclic amines) is 1. The van der Waals surface area contributed by atoms with E-state index in [0.29, 0.717) is 19.0 Å². The maximum atomic E-state index is 12.0. The van der Waals surface area contributed by atoms with Crippen molar-refractivity contribution in [2.75, 3.05) is 39.4 Å². The number of hydrogen-bond donors (Lipinski definition) is 1. The van der Waals surface area contributed by atoms with Crippen LogP contribution < -0.4 is 5.32 Å². The van der Waals surface area contributed by atoms with Crippen LogP contribution in [0.1, 0.15) is 33.6 Å². The normalized spacial score (nSPS) is 19.5. The largest absolute Gasteiger partial charge is 0.444 e. The van der Waals surface area contributed by atoms with Gasteiger partial charge in [-0.3, -0.25) is 0 Å². The molecular weight excluding hydrogens is 294 g/mol. The molecule has 0 aliphatic carbocycles. The SMILES string of the molecule is CC(C)(C)OC(=O)N1CCCC(CNCCOCC(F)F)C1. The van der Waals surface area contributed by atoms with Crippen molar-refractivity contribution < 1.29 is 23.0 Å². The first kappa shape index (κ1) is 19.1. The molecule has 1 aliphatic heterocycles. The molecule has 1 unspecified atom stereocenters. The molecule has 5 nitrogen and oxygen atoms in total. The summed E-state index contributed by atoms with van der Waals surface area (Å²) < 4.78 is 33.9. The molecule has 1 rings (SSSR count). The highest BCUT2D eigenvalue weighted by Crippen LogP contribution is 2.18. The summed E-state index contributed by atoms with van der Waals surface area (Å²) >= 11 is 0. The van der Waals surface area contributed by atoms with Gasteiger partial charge < -0.3 is 19.7 Å². The number of nitrogens with one attached hydrogen (secondary N) is 1. The van der Waals surface area contributed by atoms with Gasteiger partial charge in [-0.2, -0.15) is 0 Å². The summed E-state index contributed by atoms with van der Waals surface area (Å²) in [6.45, 7) is 7.99. The Morgan fingerprint density at radius 2 is 2.14 bits per heavy atom. The lowest BCUT2D eigenvalue weighted by Crippen LogP contribution is -2.45. The van der Waals surface area contributed by atoms with Gasteiger partial charge in [0, 0.05) is 19.6 Å². The quantitative estimate of drug-likeness (QED) is 0.732. The Kier molecular flexibility index (Phi) is 8.03. The number of ether oxygens (including phenoxy) is 2. The zero-order valence-electron chi connectivity index (χ0n) is 13.7. The Labute approximate surface area is 131 Å². The summed E-state index contributed by atoms with van der Waals surface area (Å²) in [6, 6.07) is 0. The minimum atomic E-state index is -2.42. The van der Waals surface area contributed by atoms with Crippen molar-refractivity contribution in [3.63, 3.8) is 0 Å². The minimum absolute atomic E-state index is 0.266. The summed E-state index contributed by atoms with van der Waals surface area (Å²) in [5.74, 6) is 0.358. The van der Waals surface area contributed by atoms with Gasteiger partial charge in [-0.05, 0) is 46.1 Å². The molecular formula is C15H28F2N2O3. The van der Waals surface area contributed by atoms with Crippen LogP contribution in [0.3, 0.4) is 0 Å². The highest BCUT2D eigenvalue weighted by molar-refractivity contribution is 5.68. The minimum Gasteiger partial charge on any atom is -0.444 e. The third-order valence-electron chi connectivity index (χ3n) is 3.27. The second-order valence-corrected chi connectivity index (χ2v) is 6.60. The van der Waals surface area contributed by atoms with Crippen LogP contribution in [0.25, 0.3) is 0 Å². The van der Waals surface area contributed by atoms with Gasteiger partial charge in [0.2, 0.25) is 0 Å². The number of hydrogen-bond acceptors (Lipinski definition) is 4. The van der Waals surface area contributed by atoms with Gasteiger partial charge >= 0.3 is 6.09 Å². The van der Waals surface area contributed by atoms with Crippen LogP contribution in [0.4, 0.5) is 13.6 Å². The Morgan fingerprint density at radius 3 is 2.77 bits per heavy atom. The van der Waals surface area contributed by atoms with Gasteiger partial charge in [0.25, 0.3) is 6.43 Å². The average Bonchev–Trinajstić information content (AvgIpc) is 2.41. The molecule has 0 aromatic heterocycles. The van der Waals surface area contributed by atoms with E-state index in [1.807, 2.05) is 20.8 Å². The van der Waals surface area contributed by atoms with Crippen LogP contribution in [0.15, 0.2) is 0 Å². The van der Waals surface area contributed by atoms with Crippen LogP contribution in [0, 0.1) is 5.92 Å². The van der Waals surface area contributed by atoms with Crippen LogP contribution >= 0.6 is 0 Å². The van der Waals surface area contributed by atoms with Crippen molar-refractivity contribution in [1.29, 1.82) is 0 Å². The fourth-order valence-electron chi connectivity index (χ4n) is 2.35. The third-order valence-corrected chi connectivity index (χ3v) is 3.27. The smallest absolute Gasteiger partial charge is 0.410 e. The molecule has 1 N–H and O–H groups in total. The van der Waals surface area contributed by atoms with Crippen molar-refractivity contribution >= 4 is 6.09 Å². The van der Waals surface area contributed by atoms with Gasteiger partial charge in [-0.15, -0.1) is 0 Å². The fraction of sp³-hybridized carbons (Fsp3) is 0.933. The van der Waals surface area contributed by atoms with Gasteiger partial charge in [-0.25, -0.2) is 13.6 Å². The highest BCUT2D eigenvalue weighted by Gasteiger charge is 2.27. The van der Waals surface area contributed by atoms with Crippen LogP contribution in [-0.4, -0.2) is 62.4 Å². The number of rotatable bonds is 7. The summed E-state index contributed by atoms with van der Waals surface area (Å²) in [5, 5.41) is 3.19. The van der Waals surface area contributed by atoms with Crippen molar-refractivity contribution in [2.24, 2.45) is 5.92 Å². The lowest BCUT2D eigenvalue weighted by Gasteiger charge is -2.34. The molecule has 1 amide bonds. The summed E-state index contributed by atoms with van der Waals surface area (Å²) in [5.41, 5.74) is -0.482. The topological polar surface area (TPSA) is 50.8 Å². The van der Waals surface area contributed by atoms with Crippen LogP contribution in [-0.2, 0) is 9.47 Å². The maximum Gasteiger partial charge on any atom is 0.410 e. The Morgan fingerprint density at radius 1 is 1.41 bits per heavy atom. The number of amides is 1. The lowest BCUT2D eigenvalue weighted by atomic mass is 9.98. The number of nitrogens with zero attached hydrogens (tertiary/aromatic N) is 1. The second kappa shape index (κ2) is 9.25. The second-order valence-electron chi connectivity index (χ2n) is 6.60. The number of alkyl halides is 2. The molecule has 0 saturated carbocycles. The van der Waals surface area contributed by atoms with E-state index in [9.17, 15) is 13.6 Å². The van der Waals surface area contributed by atoms with Crippen LogP contribution in [0.5, 0.6) is 0 Å². The standard InChI is InChI=1S/C15H28F2N2O3/c1-15(2,3)22-14(20)19-7-4-5-12(10-19)9-18-6-8-21-11-13(16)17/h12-13,18H,4-11H2,1-3H3. The molecule has 7 heteroatoms. The van der Waals surface area contributed by atoms with E-state index in [1.54, 1.807) is 4.90 Å². The molecule has 22 heavy (non-hydrogen) atoms. The third kappa shape index (κ3) is 8.48. The van der Waals surface area contributed by atoms with Gasteiger partial charge in [-0.1, -0.05) is 0 Å². The zero-order chi connectivity index (χ0) is 16.6. The van der Waals surface area contributed by atoms with E-state index < -0.39 is 18.6 Å². The van der Waals surface area contributed by atoms with E-state index in [0.717, 1.165) is 25.9 Å². The first-order valence-electron chi connectivity index (χ1n) is 7.82. The van der Waals surface area contributed by atoms with E-state index in [-0.39, 0.29) is 12.7 Å². The molecule has 0 aromatic rings. The van der Waals surface area contributed by atoms with Crippen molar-refractivity contribution in [3.05, 3.63) is 0 Å². The Bertz CT molecular complexity index is 335. The van der Waals surface area contributed by atoms with E-state index in [4.69, 9.17) is 9.47 Å². The van der Waals surface area contributed by atoms with Crippen molar-refractivity contribution in [3.8, 4) is 0 Å². The number of carbonyl (C=O) groups is 1. The first-order chi connectivity index (χ1) is 10.3. The molecule has 1 atom stereocenters. The average molecular weight is 322 g/mol. The monoisotopic (exact) mass is 322 g/mol.